The summed E-state index contributed by atoms with van der Waals surface area (Å²) in [6.07, 6.45) is 3.66. The monoisotopic (exact) mass is 373 g/mol. The Morgan fingerprint density at radius 2 is 1.89 bits per heavy atom. The second kappa shape index (κ2) is 7.72. The minimum absolute atomic E-state index is 0. The number of guanidine groups is 1. The molecule has 2 N–H and O–H groups in total. The smallest absolute Gasteiger partial charge is 0.191 e. The molecule has 3 nitrogen and oxygen atoms in total. The van der Waals surface area contributed by atoms with Crippen LogP contribution in [0.2, 0.25) is 0 Å². The van der Waals surface area contributed by atoms with Crippen LogP contribution in [-0.4, -0.2) is 26.1 Å². The molecule has 0 aromatic heterocycles. The van der Waals surface area contributed by atoms with Gasteiger partial charge >= 0.3 is 0 Å². The largest absolute Gasteiger partial charge is 0.356 e. The van der Waals surface area contributed by atoms with E-state index < -0.39 is 0 Å². The molecule has 0 bridgehead atoms. The average Bonchev–Trinajstić information content (AvgIpc) is 3.21. The van der Waals surface area contributed by atoms with Gasteiger partial charge in [-0.2, -0.15) is 0 Å². The molecule has 0 saturated heterocycles. The number of aliphatic imine (C=N–C) groups is 1. The van der Waals surface area contributed by atoms with Gasteiger partial charge in [-0.3, -0.25) is 4.99 Å². The first-order valence-electron chi connectivity index (χ1n) is 6.81. The van der Waals surface area contributed by atoms with Crippen molar-refractivity contribution in [3.05, 3.63) is 35.9 Å². The van der Waals surface area contributed by atoms with E-state index >= 15 is 0 Å². The molecule has 1 aliphatic rings. The quantitative estimate of drug-likeness (QED) is 0.473. The summed E-state index contributed by atoms with van der Waals surface area (Å²) >= 11 is 0. The van der Waals surface area contributed by atoms with Crippen LogP contribution in [0, 0.1) is 0 Å². The van der Waals surface area contributed by atoms with E-state index in [1.165, 1.54) is 18.4 Å². The highest BCUT2D eigenvalue weighted by atomic mass is 127. The van der Waals surface area contributed by atoms with Crippen LogP contribution in [0.1, 0.15) is 31.7 Å². The van der Waals surface area contributed by atoms with Crippen LogP contribution in [0.15, 0.2) is 35.3 Å². The third-order valence-electron chi connectivity index (χ3n) is 3.60. The van der Waals surface area contributed by atoms with E-state index in [0.29, 0.717) is 5.41 Å². The van der Waals surface area contributed by atoms with E-state index in [1.807, 2.05) is 7.05 Å². The lowest BCUT2D eigenvalue weighted by molar-refractivity contribution is 0.644. The van der Waals surface area contributed by atoms with Crippen molar-refractivity contribution in [2.75, 3.05) is 20.1 Å². The summed E-state index contributed by atoms with van der Waals surface area (Å²) in [6.45, 7) is 4.10. The normalized spacial score (nSPS) is 16.4. The number of halogens is 1. The maximum absolute atomic E-state index is 4.24. The van der Waals surface area contributed by atoms with Gasteiger partial charge in [-0.1, -0.05) is 37.3 Å². The standard InChI is InChI=1S/C15H23N3.HI/c1-3-11-17-14(16-2)18-12-15(9-10-15)13-7-5-4-6-8-13;/h4-8H,3,9-12H2,1-2H3,(H2,16,17,18);1H. The lowest BCUT2D eigenvalue weighted by Gasteiger charge is -2.18. The SMILES string of the molecule is CCCNC(=NC)NCC1(c2ccccc2)CC1.I. The topological polar surface area (TPSA) is 36.4 Å². The van der Waals surface area contributed by atoms with Gasteiger partial charge < -0.3 is 10.6 Å². The van der Waals surface area contributed by atoms with Gasteiger partial charge in [0, 0.05) is 25.6 Å². The van der Waals surface area contributed by atoms with Gasteiger partial charge in [0.2, 0.25) is 0 Å². The van der Waals surface area contributed by atoms with Crippen LogP contribution in [-0.2, 0) is 5.41 Å². The summed E-state index contributed by atoms with van der Waals surface area (Å²) in [5, 5.41) is 6.75. The Kier molecular flexibility index (Phi) is 6.62. The first kappa shape index (κ1) is 16.3. The first-order chi connectivity index (χ1) is 8.80. The third kappa shape index (κ3) is 4.37. The van der Waals surface area contributed by atoms with Crippen molar-refractivity contribution in [3.8, 4) is 0 Å². The number of rotatable bonds is 5. The number of hydrogen-bond acceptors (Lipinski definition) is 1. The molecule has 0 radical (unpaired) electrons. The van der Waals surface area contributed by atoms with E-state index in [-0.39, 0.29) is 24.0 Å². The van der Waals surface area contributed by atoms with Crippen molar-refractivity contribution < 1.29 is 0 Å². The summed E-state index contributed by atoms with van der Waals surface area (Å²) in [7, 11) is 1.83. The van der Waals surface area contributed by atoms with Crippen LogP contribution >= 0.6 is 24.0 Å². The molecule has 1 aliphatic carbocycles. The zero-order valence-corrected chi connectivity index (χ0v) is 14.1. The molecule has 106 valence electrons. The number of hydrogen-bond donors (Lipinski definition) is 2. The van der Waals surface area contributed by atoms with Crippen LogP contribution in [0.5, 0.6) is 0 Å². The average molecular weight is 373 g/mol. The highest BCUT2D eigenvalue weighted by Gasteiger charge is 2.43. The van der Waals surface area contributed by atoms with Crippen LogP contribution in [0.25, 0.3) is 0 Å². The summed E-state index contributed by atoms with van der Waals surface area (Å²) in [5.74, 6) is 0.916. The Morgan fingerprint density at radius 1 is 1.21 bits per heavy atom. The molecular formula is C15H24IN3. The van der Waals surface area contributed by atoms with E-state index in [9.17, 15) is 0 Å². The van der Waals surface area contributed by atoms with Crippen LogP contribution in [0.3, 0.4) is 0 Å². The maximum atomic E-state index is 4.24. The van der Waals surface area contributed by atoms with Crippen molar-refractivity contribution in [3.63, 3.8) is 0 Å². The van der Waals surface area contributed by atoms with E-state index in [0.717, 1.165) is 25.5 Å². The van der Waals surface area contributed by atoms with Gasteiger partial charge in [0.15, 0.2) is 5.96 Å². The zero-order chi connectivity index (χ0) is 12.8. The number of nitrogens with one attached hydrogen (secondary N) is 2. The van der Waals surface area contributed by atoms with Gasteiger partial charge in [-0.05, 0) is 24.8 Å². The Labute approximate surface area is 133 Å². The summed E-state index contributed by atoms with van der Waals surface area (Å²) < 4.78 is 0. The van der Waals surface area contributed by atoms with Gasteiger partial charge in [0.05, 0.1) is 0 Å². The summed E-state index contributed by atoms with van der Waals surface area (Å²) in [6, 6.07) is 10.8. The van der Waals surface area contributed by atoms with Crippen molar-refractivity contribution in [2.24, 2.45) is 4.99 Å². The molecule has 1 fully saturated rings. The molecule has 0 atom stereocenters. The fourth-order valence-corrected chi connectivity index (χ4v) is 2.23. The van der Waals surface area contributed by atoms with Crippen LogP contribution < -0.4 is 10.6 Å². The number of benzene rings is 1. The second-order valence-corrected chi connectivity index (χ2v) is 5.00. The lowest BCUT2D eigenvalue weighted by atomic mass is 9.96. The maximum Gasteiger partial charge on any atom is 0.191 e. The molecule has 0 unspecified atom stereocenters. The highest BCUT2D eigenvalue weighted by molar-refractivity contribution is 14.0. The first-order valence-corrected chi connectivity index (χ1v) is 6.81. The van der Waals surface area contributed by atoms with Crippen molar-refractivity contribution in [1.29, 1.82) is 0 Å². The van der Waals surface area contributed by atoms with Gasteiger partial charge in [0.1, 0.15) is 0 Å². The molecule has 2 rings (SSSR count). The second-order valence-electron chi connectivity index (χ2n) is 5.00. The summed E-state index contributed by atoms with van der Waals surface area (Å²) in [4.78, 5) is 4.24. The molecule has 0 heterocycles. The number of nitrogens with zero attached hydrogens (tertiary/aromatic N) is 1. The predicted octanol–water partition coefficient (Wildman–Crippen LogP) is 2.91. The molecule has 1 aromatic rings. The van der Waals surface area contributed by atoms with Gasteiger partial charge in [-0.15, -0.1) is 24.0 Å². The van der Waals surface area contributed by atoms with Crippen LogP contribution in [0.4, 0.5) is 0 Å². The fourth-order valence-electron chi connectivity index (χ4n) is 2.23. The Morgan fingerprint density at radius 3 is 2.42 bits per heavy atom. The van der Waals surface area contributed by atoms with E-state index in [2.05, 4.69) is 52.9 Å². The van der Waals surface area contributed by atoms with E-state index in [1.54, 1.807) is 0 Å². The van der Waals surface area contributed by atoms with E-state index in [4.69, 9.17) is 0 Å². The molecular weight excluding hydrogens is 349 g/mol. The third-order valence-corrected chi connectivity index (χ3v) is 3.60. The predicted molar refractivity (Wildman–Crippen MR) is 92.4 cm³/mol. The molecule has 0 aliphatic heterocycles. The Balaban J connectivity index is 0.00000180. The van der Waals surface area contributed by atoms with Crippen molar-refractivity contribution in [1.82, 2.24) is 10.6 Å². The van der Waals surface area contributed by atoms with Gasteiger partial charge in [-0.25, -0.2) is 0 Å². The van der Waals surface area contributed by atoms with Gasteiger partial charge in [0.25, 0.3) is 0 Å². The Hall–Kier alpha value is -0.780. The molecule has 1 saturated carbocycles. The molecule has 19 heavy (non-hydrogen) atoms. The molecule has 0 spiro atoms. The summed E-state index contributed by atoms with van der Waals surface area (Å²) in [5.41, 5.74) is 1.79. The molecule has 0 amide bonds. The molecule has 1 aromatic carbocycles. The lowest BCUT2D eigenvalue weighted by Crippen LogP contribution is -2.41. The minimum Gasteiger partial charge on any atom is -0.356 e. The van der Waals surface area contributed by atoms with Crippen molar-refractivity contribution >= 4 is 29.9 Å². The highest BCUT2D eigenvalue weighted by Crippen LogP contribution is 2.47. The molecule has 4 heteroatoms. The zero-order valence-electron chi connectivity index (χ0n) is 11.8. The van der Waals surface area contributed by atoms with Crippen molar-refractivity contribution in [2.45, 2.75) is 31.6 Å². The Bertz CT molecular complexity index is 399. The minimum atomic E-state index is 0. The fraction of sp³-hybridized carbons (Fsp3) is 0.533.